The second-order valence-corrected chi connectivity index (χ2v) is 7.42. The number of nitrogens with zero attached hydrogens (tertiary/aromatic N) is 3. The molecule has 1 saturated heterocycles. The fraction of sp³-hybridized carbons (Fsp3) is 0.364. The van der Waals surface area contributed by atoms with E-state index >= 15 is 0 Å². The van der Waals surface area contributed by atoms with E-state index in [1.54, 1.807) is 0 Å². The van der Waals surface area contributed by atoms with Gasteiger partial charge in [-0.15, -0.1) is 0 Å². The largest absolute Gasteiger partial charge is 0.417 e. The van der Waals surface area contributed by atoms with Gasteiger partial charge in [0.25, 0.3) is 5.91 Å². The third kappa shape index (κ3) is 6.40. The van der Waals surface area contributed by atoms with Gasteiger partial charge in [-0.1, -0.05) is 48.0 Å². The first-order chi connectivity index (χ1) is 14.3. The van der Waals surface area contributed by atoms with Crippen LogP contribution in [0.4, 0.5) is 13.2 Å². The van der Waals surface area contributed by atoms with E-state index in [4.69, 9.17) is 0 Å². The average Bonchev–Trinajstić information content (AvgIpc) is 2.71. The molecule has 3 rings (SSSR count). The first-order valence-electron chi connectivity index (χ1n) is 9.79. The number of rotatable bonds is 6. The van der Waals surface area contributed by atoms with Crippen LogP contribution in [0.2, 0.25) is 0 Å². The van der Waals surface area contributed by atoms with E-state index < -0.39 is 11.7 Å². The van der Waals surface area contributed by atoms with Crippen LogP contribution < -0.4 is 5.43 Å². The summed E-state index contributed by atoms with van der Waals surface area (Å²) in [5.74, 6) is -0.345. The summed E-state index contributed by atoms with van der Waals surface area (Å²) in [6.07, 6.45) is -3.44. The van der Waals surface area contributed by atoms with Gasteiger partial charge in [-0.2, -0.15) is 18.3 Å². The maximum atomic E-state index is 13.0. The number of hydrogen-bond acceptors (Lipinski definition) is 4. The lowest BCUT2D eigenvalue weighted by molar-refractivity contribution is -0.137. The highest BCUT2D eigenvalue weighted by Gasteiger charge is 2.32. The van der Waals surface area contributed by atoms with Crippen LogP contribution in [-0.2, 0) is 17.5 Å². The van der Waals surface area contributed by atoms with Gasteiger partial charge in [0.1, 0.15) is 0 Å². The van der Waals surface area contributed by atoms with Gasteiger partial charge in [0.15, 0.2) is 0 Å². The molecule has 0 bridgehead atoms. The highest BCUT2D eigenvalue weighted by atomic mass is 19.4. The van der Waals surface area contributed by atoms with Crippen LogP contribution in [0.1, 0.15) is 22.3 Å². The molecule has 0 aromatic heterocycles. The Kier molecular flexibility index (Phi) is 7.23. The van der Waals surface area contributed by atoms with Gasteiger partial charge in [-0.25, -0.2) is 5.43 Å². The number of nitrogens with one attached hydrogen (secondary N) is 1. The summed E-state index contributed by atoms with van der Waals surface area (Å²) in [7, 11) is 0. The summed E-state index contributed by atoms with van der Waals surface area (Å²) < 4.78 is 38.9. The van der Waals surface area contributed by atoms with E-state index in [2.05, 4.69) is 46.6 Å². The lowest BCUT2D eigenvalue weighted by atomic mass is 10.1. The van der Waals surface area contributed by atoms with E-state index in [1.165, 1.54) is 29.3 Å². The van der Waals surface area contributed by atoms with Crippen LogP contribution in [0.3, 0.4) is 0 Å². The van der Waals surface area contributed by atoms with Crippen LogP contribution in [0.15, 0.2) is 53.6 Å². The third-order valence-electron chi connectivity index (χ3n) is 5.02. The minimum Gasteiger partial charge on any atom is -0.297 e. The Hall–Kier alpha value is -2.71. The zero-order chi connectivity index (χ0) is 21.6. The van der Waals surface area contributed by atoms with Crippen LogP contribution in [0.25, 0.3) is 0 Å². The van der Waals surface area contributed by atoms with Crippen molar-refractivity contribution in [3.63, 3.8) is 0 Å². The number of piperazine rings is 1. The van der Waals surface area contributed by atoms with Crippen molar-refractivity contribution in [1.29, 1.82) is 0 Å². The molecule has 0 saturated carbocycles. The van der Waals surface area contributed by atoms with Crippen molar-refractivity contribution in [2.45, 2.75) is 19.6 Å². The second kappa shape index (κ2) is 9.86. The fourth-order valence-corrected chi connectivity index (χ4v) is 3.34. The summed E-state index contributed by atoms with van der Waals surface area (Å²) in [5, 5.41) is 3.70. The molecule has 8 heteroatoms. The second-order valence-electron chi connectivity index (χ2n) is 7.42. The van der Waals surface area contributed by atoms with Crippen LogP contribution in [-0.4, -0.2) is 54.6 Å². The molecule has 160 valence electrons. The molecule has 5 nitrogen and oxygen atoms in total. The summed E-state index contributed by atoms with van der Waals surface area (Å²) in [5.41, 5.74) is 3.95. The van der Waals surface area contributed by atoms with Gasteiger partial charge < -0.3 is 0 Å². The Bertz CT molecular complexity index is 873. The van der Waals surface area contributed by atoms with E-state index in [0.717, 1.165) is 45.0 Å². The number of alkyl halides is 3. The number of halogens is 3. The van der Waals surface area contributed by atoms with Gasteiger partial charge in [-0.3, -0.25) is 14.6 Å². The van der Waals surface area contributed by atoms with Gasteiger partial charge in [0.2, 0.25) is 0 Å². The number of carbonyl (C=O) groups excluding carboxylic acids is 1. The molecule has 1 fully saturated rings. The molecule has 0 atom stereocenters. The first kappa shape index (κ1) is 22.0. The zero-order valence-corrected chi connectivity index (χ0v) is 16.8. The Morgan fingerprint density at radius 3 is 2.33 bits per heavy atom. The monoisotopic (exact) mass is 418 g/mol. The smallest absolute Gasteiger partial charge is 0.297 e. The molecule has 1 aliphatic rings. The minimum absolute atomic E-state index is 0.0879. The topological polar surface area (TPSA) is 47.9 Å². The molecule has 30 heavy (non-hydrogen) atoms. The van der Waals surface area contributed by atoms with Crippen molar-refractivity contribution in [1.82, 2.24) is 15.2 Å². The number of hydrogen-bond donors (Lipinski definition) is 1. The summed E-state index contributed by atoms with van der Waals surface area (Å²) in [4.78, 5) is 16.4. The number of benzene rings is 2. The van der Waals surface area contributed by atoms with Gasteiger partial charge in [-0.05, 0) is 18.6 Å². The van der Waals surface area contributed by atoms with E-state index in [-0.39, 0.29) is 18.0 Å². The predicted octanol–water partition coefficient (Wildman–Crippen LogP) is 3.28. The standard InChI is InChI=1S/C22H25F3N4O/c1-17-6-8-18(9-7-17)15-28-10-12-29(13-11-28)16-21(30)27-26-14-19-4-2-3-5-20(19)22(23,24)25/h2-9,14H,10-13,15-16H2,1H3,(H,27,30)/b26-14+. The molecule has 0 unspecified atom stereocenters. The van der Waals surface area contributed by atoms with Crippen molar-refractivity contribution in [3.05, 3.63) is 70.8 Å². The molecular weight excluding hydrogens is 393 g/mol. The van der Waals surface area contributed by atoms with Crippen LogP contribution in [0, 0.1) is 6.92 Å². The average molecular weight is 418 g/mol. The highest BCUT2D eigenvalue weighted by molar-refractivity contribution is 5.84. The molecule has 2 aromatic rings. The minimum atomic E-state index is -4.47. The number of carbonyl (C=O) groups is 1. The van der Waals surface area contributed by atoms with Gasteiger partial charge >= 0.3 is 6.18 Å². The van der Waals surface area contributed by atoms with Gasteiger partial charge in [0.05, 0.1) is 18.3 Å². The molecule has 1 N–H and O–H groups in total. The lowest BCUT2D eigenvalue weighted by Gasteiger charge is -2.34. The first-order valence-corrected chi connectivity index (χ1v) is 9.79. The molecule has 0 aliphatic carbocycles. The van der Waals surface area contributed by atoms with Crippen LogP contribution in [0.5, 0.6) is 0 Å². The number of aryl methyl sites for hydroxylation is 1. The third-order valence-corrected chi connectivity index (χ3v) is 5.02. The molecule has 1 aliphatic heterocycles. The molecule has 2 aromatic carbocycles. The Balaban J connectivity index is 1.43. The van der Waals surface area contributed by atoms with Gasteiger partial charge in [0, 0.05) is 38.3 Å². The number of amides is 1. The SMILES string of the molecule is Cc1ccc(CN2CCN(CC(=O)N/N=C/c3ccccc3C(F)(F)F)CC2)cc1. The molecule has 0 radical (unpaired) electrons. The van der Waals surface area contributed by atoms with Crippen molar-refractivity contribution < 1.29 is 18.0 Å². The maximum Gasteiger partial charge on any atom is 0.417 e. The Morgan fingerprint density at radius 1 is 1.03 bits per heavy atom. The van der Waals surface area contributed by atoms with E-state index in [0.29, 0.717) is 0 Å². The zero-order valence-electron chi connectivity index (χ0n) is 16.8. The van der Waals surface area contributed by atoms with Crippen molar-refractivity contribution in [3.8, 4) is 0 Å². The Morgan fingerprint density at radius 2 is 1.67 bits per heavy atom. The summed E-state index contributed by atoms with van der Waals surface area (Å²) >= 11 is 0. The van der Waals surface area contributed by atoms with Crippen molar-refractivity contribution in [2.75, 3.05) is 32.7 Å². The van der Waals surface area contributed by atoms with E-state index in [1.807, 2.05) is 4.90 Å². The Labute approximate surface area is 174 Å². The number of hydrazone groups is 1. The predicted molar refractivity (Wildman–Crippen MR) is 110 cm³/mol. The molecule has 1 heterocycles. The molecule has 0 spiro atoms. The molecular formula is C22H25F3N4O. The fourth-order valence-electron chi connectivity index (χ4n) is 3.34. The van der Waals surface area contributed by atoms with E-state index in [9.17, 15) is 18.0 Å². The quantitative estimate of drug-likeness (QED) is 0.579. The summed E-state index contributed by atoms with van der Waals surface area (Å²) in [6.45, 7) is 6.30. The highest BCUT2D eigenvalue weighted by Crippen LogP contribution is 2.31. The van der Waals surface area contributed by atoms with Crippen molar-refractivity contribution >= 4 is 12.1 Å². The summed E-state index contributed by atoms with van der Waals surface area (Å²) in [6, 6.07) is 13.6. The lowest BCUT2D eigenvalue weighted by Crippen LogP contribution is -2.48. The maximum absolute atomic E-state index is 13.0. The normalized spacial score (nSPS) is 16.1. The van der Waals surface area contributed by atoms with Crippen molar-refractivity contribution in [2.24, 2.45) is 5.10 Å². The molecule has 1 amide bonds. The van der Waals surface area contributed by atoms with Crippen LogP contribution >= 0.6 is 0 Å².